The molecule has 0 saturated carbocycles. The lowest BCUT2D eigenvalue weighted by Gasteiger charge is -2.11. The highest BCUT2D eigenvalue weighted by Crippen LogP contribution is 2.13. The number of hydrogen-bond acceptors (Lipinski definition) is 3. The van der Waals surface area contributed by atoms with Crippen LogP contribution < -0.4 is 5.73 Å². The zero-order valence-corrected chi connectivity index (χ0v) is 12.1. The number of imidazole rings is 1. The van der Waals surface area contributed by atoms with Gasteiger partial charge in [-0.05, 0) is 17.7 Å². The van der Waals surface area contributed by atoms with Crippen LogP contribution in [0.3, 0.4) is 0 Å². The zero-order chi connectivity index (χ0) is 15.4. The van der Waals surface area contributed by atoms with E-state index < -0.39 is 0 Å². The van der Waals surface area contributed by atoms with Crippen LogP contribution in [0.25, 0.3) is 0 Å². The van der Waals surface area contributed by atoms with Gasteiger partial charge in [0.15, 0.2) is 0 Å². The van der Waals surface area contributed by atoms with Crippen molar-refractivity contribution >= 4 is 5.84 Å². The third-order valence-electron chi connectivity index (χ3n) is 3.52. The van der Waals surface area contributed by atoms with Crippen molar-refractivity contribution in [2.24, 2.45) is 5.73 Å². The van der Waals surface area contributed by atoms with Crippen LogP contribution in [0.4, 0.5) is 0 Å². The van der Waals surface area contributed by atoms with Crippen LogP contribution >= 0.6 is 0 Å². The monoisotopic (exact) mass is 291 g/mol. The van der Waals surface area contributed by atoms with Gasteiger partial charge in [0.2, 0.25) is 0 Å². The van der Waals surface area contributed by atoms with E-state index in [0.717, 1.165) is 22.6 Å². The van der Waals surface area contributed by atoms with E-state index in [1.165, 1.54) is 0 Å². The molecular weight excluding hydrogens is 274 g/mol. The maximum absolute atomic E-state index is 7.68. The first kappa shape index (κ1) is 14.0. The average Bonchev–Trinajstić information content (AvgIpc) is 2.96. The molecule has 0 spiro atoms. The lowest BCUT2D eigenvalue weighted by atomic mass is 10.1. The van der Waals surface area contributed by atoms with Gasteiger partial charge in [0.05, 0.1) is 0 Å². The summed E-state index contributed by atoms with van der Waals surface area (Å²) in [7, 11) is 0. The molecule has 3 aromatic rings. The van der Waals surface area contributed by atoms with E-state index in [1.807, 2.05) is 48.7 Å². The molecule has 0 bridgehead atoms. The van der Waals surface area contributed by atoms with Gasteiger partial charge in [0, 0.05) is 42.8 Å². The van der Waals surface area contributed by atoms with Gasteiger partial charge < -0.3 is 10.3 Å². The molecule has 2 heterocycles. The second kappa shape index (κ2) is 6.22. The fourth-order valence-corrected chi connectivity index (χ4v) is 2.42. The number of aromatic nitrogens is 3. The van der Waals surface area contributed by atoms with Gasteiger partial charge in [-0.25, -0.2) is 4.98 Å². The predicted octanol–water partition coefficient (Wildman–Crippen LogP) is 2.20. The number of nitrogens with zero attached hydrogens (tertiary/aromatic N) is 3. The Morgan fingerprint density at radius 2 is 1.86 bits per heavy atom. The Morgan fingerprint density at radius 3 is 2.64 bits per heavy atom. The quantitative estimate of drug-likeness (QED) is 0.558. The van der Waals surface area contributed by atoms with Crippen LogP contribution in [0.5, 0.6) is 0 Å². The highest BCUT2D eigenvalue weighted by molar-refractivity contribution is 5.96. The van der Waals surface area contributed by atoms with E-state index in [9.17, 15) is 0 Å². The molecule has 0 aliphatic carbocycles. The third kappa shape index (κ3) is 3.03. The van der Waals surface area contributed by atoms with Crippen LogP contribution in [0.15, 0.2) is 61.1 Å². The summed E-state index contributed by atoms with van der Waals surface area (Å²) in [6.07, 6.45) is 6.19. The summed E-state index contributed by atoms with van der Waals surface area (Å²) in [5, 5.41) is 7.68. The summed E-state index contributed by atoms with van der Waals surface area (Å²) in [4.78, 5) is 8.76. The minimum atomic E-state index is 0.0852. The molecule has 3 rings (SSSR count). The molecule has 0 aliphatic rings. The molecule has 0 unspecified atom stereocenters. The highest BCUT2D eigenvalue weighted by Gasteiger charge is 2.09. The molecule has 5 nitrogen and oxygen atoms in total. The number of nitrogens with two attached hydrogens (primary N) is 1. The normalized spacial score (nSPS) is 10.5. The zero-order valence-electron chi connectivity index (χ0n) is 12.1. The molecule has 0 amide bonds. The van der Waals surface area contributed by atoms with E-state index in [-0.39, 0.29) is 5.84 Å². The second-order valence-corrected chi connectivity index (χ2v) is 5.04. The molecule has 110 valence electrons. The van der Waals surface area contributed by atoms with Gasteiger partial charge in [-0.2, -0.15) is 0 Å². The number of pyridine rings is 1. The lowest BCUT2D eigenvalue weighted by Crippen LogP contribution is -2.16. The van der Waals surface area contributed by atoms with E-state index >= 15 is 0 Å². The van der Waals surface area contributed by atoms with Gasteiger partial charge in [-0.15, -0.1) is 0 Å². The molecule has 0 aliphatic heterocycles. The van der Waals surface area contributed by atoms with Gasteiger partial charge >= 0.3 is 0 Å². The first-order valence-electron chi connectivity index (χ1n) is 7.06. The summed E-state index contributed by atoms with van der Waals surface area (Å²) >= 11 is 0. The molecule has 5 heteroatoms. The number of nitrogens with one attached hydrogen (secondary N) is 1. The molecule has 22 heavy (non-hydrogen) atoms. The van der Waals surface area contributed by atoms with Crippen molar-refractivity contribution in [2.75, 3.05) is 0 Å². The molecule has 2 aromatic heterocycles. The van der Waals surface area contributed by atoms with Crippen molar-refractivity contribution in [2.45, 2.75) is 13.0 Å². The highest BCUT2D eigenvalue weighted by atomic mass is 15.1. The standard InChI is InChI=1S/C17H17N5/c18-17(19)15-7-2-1-5-13(15)12-22-10-9-21-16(22)11-14-6-3-4-8-20-14/h1-10H,11-12H2,(H3,18,19). The van der Waals surface area contributed by atoms with E-state index in [2.05, 4.69) is 14.5 Å². The Labute approximate surface area is 129 Å². The van der Waals surface area contributed by atoms with Crippen LogP contribution in [-0.4, -0.2) is 20.4 Å². The number of rotatable bonds is 5. The van der Waals surface area contributed by atoms with Gasteiger partial charge in [0.1, 0.15) is 11.7 Å². The Kier molecular flexibility index (Phi) is 3.96. The topological polar surface area (TPSA) is 80.6 Å². The Hall–Kier alpha value is -2.95. The summed E-state index contributed by atoms with van der Waals surface area (Å²) in [5.41, 5.74) is 8.41. The van der Waals surface area contributed by atoms with Crippen molar-refractivity contribution in [3.05, 3.63) is 83.7 Å². The molecule has 1 aromatic carbocycles. The number of benzene rings is 1. The molecule has 0 fully saturated rings. The maximum Gasteiger partial charge on any atom is 0.123 e. The van der Waals surface area contributed by atoms with Crippen LogP contribution in [0.1, 0.15) is 22.6 Å². The Bertz CT molecular complexity index is 777. The summed E-state index contributed by atoms with van der Waals surface area (Å²) in [6, 6.07) is 13.6. The first-order chi connectivity index (χ1) is 10.7. The van der Waals surface area contributed by atoms with Crippen molar-refractivity contribution < 1.29 is 0 Å². The number of hydrogen-bond donors (Lipinski definition) is 2. The molecule has 0 radical (unpaired) electrons. The first-order valence-corrected chi connectivity index (χ1v) is 7.06. The van der Waals surface area contributed by atoms with E-state index in [1.54, 1.807) is 12.4 Å². The van der Waals surface area contributed by atoms with E-state index in [4.69, 9.17) is 11.1 Å². The number of nitrogen functional groups attached to an aromatic ring is 1. The minimum Gasteiger partial charge on any atom is -0.384 e. The minimum absolute atomic E-state index is 0.0852. The van der Waals surface area contributed by atoms with Gasteiger partial charge in [-0.3, -0.25) is 10.4 Å². The maximum atomic E-state index is 7.68. The summed E-state index contributed by atoms with van der Waals surface area (Å²) < 4.78 is 2.07. The van der Waals surface area contributed by atoms with Crippen molar-refractivity contribution in [3.8, 4) is 0 Å². The fraction of sp³-hybridized carbons (Fsp3) is 0.118. The SMILES string of the molecule is N=C(N)c1ccccc1Cn1ccnc1Cc1ccccn1. The van der Waals surface area contributed by atoms with E-state index in [0.29, 0.717) is 13.0 Å². The van der Waals surface area contributed by atoms with Crippen molar-refractivity contribution in [1.82, 2.24) is 14.5 Å². The Morgan fingerprint density at radius 1 is 1.05 bits per heavy atom. The third-order valence-corrected chi connectivity index (χ3v) is 3.52. The van der Waals surface area contributed by atoms with Crippen LogP contribution in [0, 0.1) is 5.41 Å². The number of amidine groups is 1. The lowest BCUT2D eigenvalue weighted by molar-refractivity contribution is 0.734. The predicted molar refractivity (Wildman–Crippen MR) is 85.8 cm³/mol. The van der Waals surface area contributed by atoms with Crippen molar-refractivity contribution in [1.29, 1.82) is 5.41 Å². The smallest absolute Gasteiger partial charge is 0.123 e. The van der Waals surface area contributed by atoms with Gasteiger partial charge in [0.25, 0.3) is 0 Å². The Balaban J connectivity index is 1.86. The second-order valence-electron chi connectivity index (χ2n) is 5.04. The molecule has 3 N–H and O–H groups in total. The molecule has 0 atom stereocenters. The van der Waals surface area contributed by atoms with Crippen LogP contribution in [0.2, 0.25) is 0 Å². The van der Waals surface area contributed by atoms with Crippen LogP contribution in [-0.2, 0) is 13.0 Å². The largest absolute Gasteiger partial charge is 0.384 e. The van der Waals surface area contributed by atoms with Crippen molar-refractivity contribution in [3.63, 3.8) is 0 Å². The molecule has 0 saturated heterocycles. The average molecular weight is 291 g/mol. The molecular formula is C17H17N5. The van der Waals surface area contributed by atoms with Gasteiger partial charge in [-0.1, -0.05) is 30.3 Å². The summed E-state index contributed by atoms with van der Waals surface area (Å²) in [5.74, 6) is 1.03. The fourth-order valence-electron chi connectivity index (χ4n) is 2.42. The summed E-state index contributed by atoms with van der Waals surface area (Å²) in [6.45, 7) is 0.637.